The summed E-state index contributed by atoms with van der Waals surface area (Å²) in [5, 5.41) is 3.43. The molecule has 0 radical (unpaired) electrons. The van der Waals surface area contributed by atoms with Gasteiger partial charge in [0, 0.05) is 6.04 Å². The maximum atomic E-state index is 5.85. The van der Waals surface area contributed by atoms with Gasteiger partial charge in [-0.3, -0.25) is 0 Å². The molecule has 1 unspecified atom stereocenters. The lowest BCUT2D eigenvalue weighted by atomic mass is 9.89. The van der Waals surface area contributed by atoms with E-state index in [2.05, 4.69) is 29.6 Å². The van der Waals surface area contributed by atoms with Crippen LogP contribution in [0.3, 0.4) is 0 Å². The molecule has 0 bridgehead atoms. The highest BCUT2D eigenvalue weighted by Crippen LogP contribution is 2.32. The van der Waals surface area contributed by atoms with Crippen LogP contribution in [0.5, 0.6) is 0 Å². The van der Waals surface area contributed by atoms with Crippen LogP contribution in [0.15, 0.2) is 24.3 Å². The smallest absolute Gasteiger partial charge is 0.0981 e. The van der Waals surface area contributed by atoms with Gasteiger partial charge in [0.05, 0.1) is 12.7 Å². The van der Waals surface area contributed by atoms with Gasteiger partial charge in [-0.1, -0.05) is 24.3 Å². The fraction of sp³-hybridized carbons (Fsp3) is 0.500. The Labute approximate surface area is 84.3 Å². The molecule has 0 aromatic heterocycles. The molecule has 14 heavy (non-hydrogen) atoms. The van der Waals surface area contributed by atoms with Crippen LogP contribution in [0.25, 0.3) is 0 Å². The fourth-order valence-electron chi connectivity index (χ4n) is 2.33. The molecule has 2 aliphatic heterocycles. The SMILES string of the molecule is c1ccc2c(c1)CCO[C@H]2C1CCN1. The molecular weight excluding hydrogens is 174 g/mol. The second kappa shape index (κ2) is 3.37. The molecule has 0 spiro atoms. The van der Waals surface area contributed by atoms with E-state index in [4.69, 9.17) is 4.74 Å². The van der Waals surface area contributed by atoms with E-state index >= 15 is 0 Å². The lowest BCUT2D eigenvalue weighted by Gasteiger charge is -2.38. The van der Waals surface area contributed by atoms with Crippen LogP contribution >= 0.6 is 0 Å². The average Bonchev–Trinajstić information content (AvgIpc) is 2.16. The minimum absolute atomic E-state index is 0.300. The van der Waals surface area contributed by atoms with Crippen LogP contribution in [0.2, 0.25) is 0 Å². The topological polar surface area (TPSA) is 21.3 Å². The molecule has 2 atom stereocenters. The Morgan fingerprint density at radius 3 is 2.93 bits per heavy atom. The summed E-state index contributed by atoms with van der Waals surface area (Å²) in [5.41, 5.74) is 2.87. The molecule has 2 heteroatoms. The summed E-state index contributed by atoms with van der Waals surface area (Å²) in [6.45, 7) is 2.02. The van der Waals surface area contributed by atoms with Crippen molar-refractivity contribution in [2.24, 2.45) is 0 Å². The minimum atomic E-state index is 0.300. The molecule has 0 aliphatic carbocycles. The fourth-order valence-corrected chi connectivity index (χ4v) is 2.33. The Morgan fingerprint density at radius 2 is 2.14 bits per heavy atom. The molecule has 3 rings (SSSR count). The highest BCUT2D eigenvalue weighted by molar-refractivity contribution is 5.32. The summed E-state index contributed by atoms with van der Waals surface area (Å²) in [6.07, 6.45) is 2.62. The van der Waals surface area contributed by atoms with Crippen molar-refractivity contribution in [2.45, 2.75) is 25.0 Å². The van der Waals surface area contributed by atoms with Crippen LogP contribution in [0, 0.1) is 0 Å². The molecule has 2 nitrogen and oxygen atoms in total. The van der Waals surface area contributed by atoms with Crippen molar-refractivity contribution < 1.29 is 4.74 Å². The molecule has 1 aromatic rings. The molecular formula is C12H15NO. The first-order valence-corrected chi connectivity index (χ1v) is 5.38. The van der Waals surface area contributed by atoms with Gasteiger partial charge in [-0.05, 0) is 30.5 Å². The standard InChI is InChI=1S/C12H15NO/c1-2-4-10-9(3-1)6-8-14-12(10)11-5-7-13-11/h1-4,11-13H,5-8H2/t11?,12-/m1/s1. The molecule has 1 N–H and O–H groups in total. The maximum absolute atomic E-state index is 5.85. The second-order valence-corrected chi connectivity index (χ2v) is 4.09. The average molecular weight is 189 g/mol. The van der Waals surface area contributed by atoms with E-state index in [-0.39, 0.29) is 0 Å². The lowest BCUT2D eigenvalue weighted by molar-refractivity contribution is -0.00149. The van der Waals surface area contributed by atoms with Crippen LogP contribution in [0.1, 0.15) is 23.7 Å². The summed E-state index contributed by atoms with van der Waals surface area (Å²) in [4.78, 5) is 0. The molecule has 2 aliphatic rings. The van der Waals surface area contributed by atoms with E-state index in [1.807, 2.05) is 0 Å². The van der Waals surface area contributed by atoms with Gasteiger partial charge in [-0.2, -0.15) is 0 Å². The van der Waals surface area contributed by atoms with Crippen molar-refractivity contribution in [3.8, 4) is 0 Å². The van der Waals surface area contributed by atoms with E-state index in [1.54, 1.807) is 0 Å². The monoisotopic (exact) mass is 189 g/mol. The predicted octanol–water partition coefficient (Wildman–Crippen LogP) is 1.66. The van der Waals surface area contributed by atoms with Gasteiger partial charge >= 0.3 is 0 Å². The summed E-state index contributed by atoms with van der Waals surface area (Å²) in [7, 11) is 0. The summed E-state index contributed by atoms with van der Waals surface area (Å²) in [6, 6.07) is 9.22. The third-order valence-corrected chi connectivity index (χ3v) is 3.26. The highest BCUT2D eigenvalue weighted by Gasteiger charge is 2.31. The van der Waals surface area contributed by atoms with Gasteiger partial charge in [0.2, 0.25) is 0 Å². The molecule has 74 valence electrons. The van der Waals surface area contributed by atoms with E-state index in [9.17, 15) is 0 Å². The molecule has 1 saturated heterocycles. The number of hydrogen-bond acceptors (Lipinski definition) is 2. The maximum Gasteiger partial charge on any atom is 0.0981 e. The van der Waals surface area contributed by atoms with Crippen molar-refractivity contribution in [2.75, 3.05) is 13.2 Å². The van der Waals surface area contributed by atoms with Crippen LogP contribution < -0.4 is 5.32 Å². The summed E-state index contributed by atoms with van der Waals surface area (Å²) < 4.78 is 5.85. The number of rotatable bonds is 1. The largest absolute Gasteiger partial charge is 0.372 e. The van der Waals surface area contributed by atoms with Gasteiger partial charge < -0.3 is 10.1 Å². The highest BCUT2D eigenvalue weighted by atomic mass is 16.5. The Bertz CT molecular complexity index is 333. The Balaban J connectivity index is 1.93. The number of ether oxygens (including phenoxy) is 1. The first kappa shape index (κ1) is 8.45. The quantitative estimate of drug-likeness (QED) is 0.725. The summed E-state index contributed by atoms with van der Waals surface area (Å²) in [5.74, 6) is 0. The van der Waals surface area contributed by atoms with Crippen molar-refractivity contribution >= 4 is 0 Å². The Morgan fingerprint density at radius 1 is 1.29 bits per heavy atom. The van der Waals surface area contributed by atoms with Crippen molar-refractivity contribution in [1.82, 2.24) is 5.32 Å². The molecule has 1 fully saturated rings. The van der Waals surface area contributed by atoms with E-state index in [0.717, 1.165) is 19.6 Å². The zero-order valence-corrected chi connectivity index (χ0v) is 8.20. The molecule has 1 aromatic carbocycles. The molecule has 0 saturated carbocycles. The molecule has 2 heterocycles. The number of benzene rings is 1. The van der Waals surface area contributed by atoms with E-state index in [0.29, 0.717) is 12.1 Å². The third-order valence-electron chi connectivity index (χ3n) is 3.26. The van der Waals surface area contributed by atoms with E-state index in [1.165, 1.54) is 17.5 Å². The normalized spacial score (nSPS) is 30.6. The van der Waals surface area contributed by atoms with Gasteiger partial charge in [0.15, 0.2) is 0 Å². The van der Waals surface area contributed by atoms with Gasteiger partial charge in [-0.25, -0.2) is 0 Å². The minimum Gasteiger partial charge on any atom is -0.372 e. The zero-order valence-electron chi connectivity index (χ0n) is 8.20. The Kier molecular flexibility index (Phi) is 2.03. The third kappa shape index (κ3) is 1.26. The lowest BCUT2D eigenvalue weighted by Crippen LogP contribution is -2.48. The Hall–Kier alpha value is -0.860. The predicted molar refractivity (Wildman–Crippen MR) is 55.2 cm³/mol. The van der Waals surface area contributed by atoms with Crippen molar-refractivity contribution in [1.29, 1.82) is 0 Å². The number of hydrogen-bond donors (Lipinski definition) is 1. The van der Waals surface area contributed by atoms with E-state index < -0.39 is 0 Å². The van der Waals surface area contributed by atoms with Crippen LogP contribution in [-0.2, 0) is 11.2 Å². The van der Waals surface area contributed by atoms with Crippen molar-refractivity contribution in [3.63, 3.8) is 0 Å². The van der Waals surface area contributed by atoms with Crippen LogP contribution in [-0.4, -0.2) is 19.2 Å². The number of fused-ring (bicyclic) bond motifs is 1. The first-order valence-electron chi connectivity index (χ1n) is 5.38. The summed E-state index contributed by atoms with van der Waals surface area (Å²) >= 11 is 0. The molecule has 0 amide bonds. The first-order chi connectivity index (χ1) is 6.95. The van der Waals surface area contributed by atoms with Gasteiger partial charge in [-0.15, -0.1) is 0 Å². The van der Waals surface area contributed by atoms with Crippen LogP contribution in [0.4, 0.5) is 0 Å². The van der Waals surface area contributed by atoms with Crippen molar-refractivity contribution in [3.05, 3.63) is 35.4 Å². The number of nitrogens with one attached hydrogen (secondary N) is 1. The van der Waals surface area contributed by atoms with Gasteiger partial charge in [0.1, 0.15) is 0 Å². The van der Waals surface area contributed by atoms with Gasteiger partial charge in [0.25, 0.3) is 0 Å². The zero-order chi connectivity index (χ0) is 9.38. The second-order valence-electron chi connectivity index (χ2n) is 4.09.